The van der Waals surface area contributed by atoms with Gasteiger partial charge in [0.15, 0.2) is 11.5 Å². The lowest BCUT2D eigenvalue weighted by molar-refractivity contribution is 0.0869. The Morgan fingerprint density at radius 1 is 1.16 bits per heavy atom. The molecule has 0 radical (unpaired) electrons. The summed E-state index contributed by atoms with van der Waals surface area (Å²) >= 11 is 0. The molecule has 1 N–H and O–H groups in total. The summed E-state index contributed by atoms with van der Waals surface area (Å²) in [6.45, 7) is 5.64. The molecule has 0 saturated carbocycles. The molecule has 0 aromatic heterocycles. The molecule has 2 aliphatic rings. The van der Waals surface area contributed by atoms with Crippen LogP contribution >= 0.6 is 0 Å². The lowest BCUT2D eigenvalue weighted by Crippen LogP contribution is -2.35. The van der Waals surface area contributed by atoms with Crippen molar-refractivity contribution in [3.05, 3.63) is 53.6 Å². The fraction of sp³-hybridized carbons (Fsp3) is 0.458. The van der Waals surface area contributed by atoms with Gasteiger partial charge < -0.3 is 14.8 Å². The van der Waals surface area contributed by atoms with E-state index in [1.807, 2.05) is 26.0 Å². The first-order chi connectivity index (χ1) is 15.4. The molecule has 8 heteroatoms. The number of nitrogens with one attached hydrogen (secondary N) is 1. The van der Waals surface area contributed by atoms with Gasteiger partial charge in [-0.3, -0.25) is 4.79 Å². The smallest absolute Gasteiger partial charge is 0.269 e. The third kappa shape index (κ3) is 4.61. The average Bonchev–Trinajstić information content (AvgIpc) is 2.96. The van der Waals surface area contributed by atoms with Crippen LogP contribution in [0.1, 0.15) is 49.0 Å². The van der Waals surface area contributed by atoms with Crippen LogP contribution in [0.5, 0.6) is 11.5 Å². The molecule has 4 rings (SSSR count). The second kappa shape index (κ2) is 9.50. The van der Waals surface area contributed by atoms with Crippen LogP contribution in [0.15, 0.2) is 47.4 Å². The highest BCUT2D eigenvalue weighted by Crippen LogP contribution is 2.37. The molecule has 2 heterocycles. The van der Waals surface area contributed by atoms with Gasteiger partial charge in [-0.05, 0) is 69.8 Å². The first kappa shape index (κ1) is 22.6. The molecule has 2 aromatic carbocycles. The van der Waals surface area contributed by atoms with E-state index in [0.29, 0.717) is 13.0 Å². The van der Waals surface area contributed by atoms with E-state index in [-0.39, 0.29) is 29.2 Å². The van der Waals surface area contributed by atoms with Crippen molar-refractivity contribution in [1.82, 2.24) is 9.62 Å². The normalized spacial score (nSPS) is 18.9. The van der Waals surface area contributed by atoms with E-state index in [0.717, 1.165) is 41.6 Å². The number of aryl methyl sites for hydroxylation is 1. The minimum atomic E-state index is -3.72. The van der Waals surface area contributed by atoms with Crippen LogP contribution in [-0.4, -0.2) is 50.5 Å². The monoisotopic (exact) mass is 458 g/mol. The van der Waals surface area contributed by atoms with Gasteiger partial charge in [0.1, 0.15) is 11.0 Å². The quantitative estimate of drug-likeness (QED) is 0.580. The number of unbranched alkanes of at least 4 members (excludes halogenated alkanes) is 1. The number of carbonyl (C=O) groups is 1. The summed E-state index contributed by atoms with van der Waals surface area (Å²) in [5.74, 6) is 1.21. The van der Waals surface area contributed by atoms with Crippen LogP contribution in [0.2, 0.25) is 0 Å². The summed E-state index contributed by atoms with van der Waals surface area (Å²) < 4.78 is 38.3. The van der Waals surface area contributed by atoms with E-state index in [2.05, 4.69) is 11.4 Å². The molecule has 0 bridgehead atoms. The van der Waals surface area contributed by atoms with E-state index in [1.54, 1.807) is 18.2 Å². The van der Waals surface area contributed by atoms with Gasteiger partial charge in [-0.15, -0.1) is 0 Å². The number of fused-ring (bicyclic) bond motifs is 2. The van der Waals surface area contributed by atoms with Crippen molar-refractivity contribution in [2.45, 2.75) is 56.6 Å². The molecule has 2 aromatic rings. The number of hydrogen-bond acceptors (Lipinski definition) is 6. The largest absolute Gasteiger partial charge is 0.487 e. The summed E-state index contributed by atoms with van der Waals surface area (Å²) in [7, 11) is -3.72. The minimum Gasteiger partial charge on any atom is -0.487 e. The standard InChI is InChI=1S/C24H30N2O5S/c1-17(2)30-21-10-7-8-18-12-13-19(31-23(18)21)16-25-14-5-6-15-26-24(27)20-9-3-4-11-22(20)32(26,28)29/h3-4,7-11,17,19,25H,5-6,12-16H2,1-2H3. The lowest BCUT2D eigenvalue weighted by Gasteiger charge is -2.28. The Balaban J connectivity index is 1.22. The maximum absolute atomic E-state index is 12.6. The predicted octanol–water partition coefficient (Wildman–Crippen LogP) is 3.38. The Morgan fingerprint density at radius 3 is 2.75 bits per heavy atom. The zero-order valence-corrected chi connectivity index (χ0v) is 19.4. The first-order valence-corrected chi connectivity index (χ1v) is 12.6. The topological polar surface area (TPSA) is 84.9 Å². The molecule has 32 heavy (non-hydrogen) atoms. The number of carbonyl (C=O) groups excluding carboxylic acids is 1. The molecule has 7 nitrogen and oxygen atoms in total. The Labute approximate surface area is 189 Å². The molecular weight excluding hydrogens is 428 g/mol. The molecule has 0 aliphatic carbocycles. The lowest BCUT2D eigenvalue weighted by atomic mass is 10.0. The van der Waals surface area contributed by atoms with Crippen LogP contribution in [0, 0.1) is 0 Å². The number of para-hydroxylation sites is 1. The van der Waals surface area contributed by atoms with Crippen molar-refractivity contribution in [3.63, 3.8) is 0 Å². The summed E-state index contributed by atoms with van der Waals surface area (Å²) in [6, 6.07) is 12.4. The average molecular weight is 459 g/mol. The molecule has 1 atom stereocenters. The number of sulfonamides is 1. The number of amides is 1. The number of nitrogens with zero attached hydrogens (tertiary/aromatic N) is 1. The van der Waals surface area contributed by atoms with Crippen LogP contribution in [-0.2, 0) is 16.4 Å². The van der Waals surface area contributed by atoms with Gasteiger partial charge >= 0.3 is 0 Å². The number of rotatable bonds is 9. The van der Waals surface area contributed by atoms with Crippen LogP contribution in [0.25, 0.3) is 0 Å². The third-order valence-electron chi connectivity index (χ3n) is 5.69. The van der Waals surface area contributed by atoms with E-state index < -0.39 is 15.9 Å². The van der Waals surface area contributed by atoms with Crippen LogP contribution in [0.3, 0.4) is 0 Å². The zero-order valence-electron chi connectivity index (χ0n) is 18.5. The Kier molecular flexibility index (Phi) is 6.71. The van der Waals surface area contributed by atoms with Crippen molar-refractivity contribution in [2.75, 3.05) is 19.6 Å². The van der Waals surface area contributed by atoms with E-state index in [1.165, 1.54) is 11.6 Å². The van der Waals surface area contributed by atoms with Gasteiger partial charge in [-0.2, -0.15) is 0 Å². The van der Waals surface area contributed by atoms with E-state index >= 15 is 0 Å². The van der Waals surface area contributed by atoms with Gasteiger partial charge in [0, 0.05) is 13.1 Å². The molecule has 172 valence electrons. The van der Waals surface area contributed by atoms with Crippen LogP contribution in [0.4, 0.5) is 0 Å². The highest BCUT2D eigenvalue weighted by Gasteiger charge is 2.40. The second-order valence-corrected chi connectivity index (χ2v) is 10.3. The molecule has 0 spiro atoms. The van der Waals surface area contributed by atoms with Gasteiger partial charge in [-0.1, -0.05) is 24.3 Å². The maximum Gasteiger partial charge on any atom is 0.269 e. The van der Waals surface area contributed by atoms with Crippen molar-refractivity contribution >= 4 is 15.9 Å². The van der Waals surface area contributed by atoms with Crippen molar-refractivity contribution in [1.29, 1.82) is 0 Å². The first-order valence-electron chi connectivity index (χ1n) is 11.2. The summed E-state index contributed by atoms with van der Waals surface area (Å²) in [6.07, 6.45) is 3.40. The van der Waals surface area contributed by atoms with Gasteiger partial charge in [0.05, 0.1) is 11.7 Å². The fourth-order valence-corrected chi connectivity index (χ4v) is 5.75. The number of hydrogen-bond donors (Lipinski definition) is 1. The molecule has 1 unspecified atom stereocenters. The Morgan fingerprint density at radius 2 is 1.97 bits per heavy atom. The molecule has 2 aliphatic heterocycles. The molecule has 1 amide bonds. The maximum atomic E-state index is 12.6. The third-order valence-corrected chi connectivity index (χ3v) is 7.53. The summed E-state index contributed by atoms with van der Waals surface area (Å²) in [4.78, 5) is 12.5. The summed E-state index contributed by atoms with van der Waals surface area (Å²) in [5, 5.41) is 3.40. The SMILES string of the molecule is CC(C)Oc1cccc2c1OC(CNCCCCN1C(=O)c3ccccc3S1(=O)=O)CC2. The van der Waals surface area contributed by atoms with E-state index in [4.69, 9.17) is 9.47 Å². The van der Waals surface area contributed by atoms with Crippen molar-refractivity contribution in [2.24, 2.45) is 0 Å². The predicted molar refractivity (Wildman–Crippen MR) is 122 cm³/mol. The number of benzene rings is 2. The second-order valence-electron chi connectivity index (χ2n) is 8.48. The van der Waals surface area contributed by atoms with Gasteiger partial charge in [-0.25, -0.2) is 12.7 Å². The highest BCUT2D eigenvalue weighted by atomic mass is 32.2. The zero-order chi connectivity index (χ0) is 22.7. The van der Waals surface area contributed by atoms with Crippen LogP contribution < -0.4 is 14.8 Å². The minimum absolute atomic E-state index is 0.0643. The Hall–Kier alpha value is -2.58. The van der Waals surface area contributed by atoms with Gasteiger partial charge in [0.25, 0.3) is 15.9 Å². The molecular formula is C24H30N2O5S. The highest BCUT2D eigenvalue weighted by molar-refractivity contribution is 7.90. The fourth-order valence-electron chi connectivity index (χ4n) is 4.15. The van der Waals surface area contributed by atoms with Crippen molar-refractivity contribution in [3.8, 4) is 11.5 Å². The summed E-state index contributed by atoms with van der Waals surface area (Å²) in [5.41, 5.74) is 1.44. The molecule has 0 fully saturated rings. The Bertz CT molecular complexity index is 1080. The van der Waals surface area contributed by atoms with Gasteiger partial charge in [0.2, 0.25) is 0 Å². The van der Waals surface area contributed by atoms with E-state index in [9.17, 15) is 13.2 Å². The molecule has 0 saturated heterocycles. The number of ether oxygens (including phenoxy) is 2. The van der Waals surface area contributed by atoms with Crippen molar-refractivity contribution < 1.29 is 22.7 Å².